The Bertz CT molecular complexity index is 679. The van der Waals surface area contributed by atoms with Crippen LogP contribution in [0.4, 0.5) is 24.7 Å². The third-order valence-electron chi connectivity index (χ3n) is 2.37. The second-order valence-electron chi connectivity index (χ2n) is 3.68. The van der Waals surface area contributed by atoms with E-state index in [0.29, 0.717) is 0 Å². The third-order valence-corrected chi connectivity index (χ3v) is 2.55. The molecule has 1 aromatic heterocycles. The van der Waals surface area contributed by atoms with Crippen LogP contribution in [-0.4, -0.2) is 9.97 Å². The lowest BCUT2D eigenvalue weighted by Gasteiger charge is -2.14. The maximum Gasteiger partial charge on any atom is 0.418 e. The number of benzene rings is 1. The molecule has 1 aromatic carbocycles. The summed E-state index contributed by atoms with van der Waals surface area (Å²) in [5, 5.41) is 11.2. The van der Waals surface area contributed by atoms with Crippen LogP contribution in [0, 0.1) is 11.3 Å². The van der Waals surface area contributed by atoms with Gasteiger partial charge in [-0.3, -0.25) is 0 Å². The van der Waals surface area contributed by atoms with Gasteiger partial charge in [-0.1, -0.05) is 12.1 Å². The standard InChI is InChI=1S/C12H6ClF3N4/c13-11-18-6-7(5-17)10(20-11)19-9-4-2-1-3-8(9)12(14,15)16/h1-4,6H,(H,18,19,20). The fourth-order valence-electron chi connectivity index (χ4n) is 1.50. The lowest BCUT2D eigenvalue weighted by molar-refractivity contribution is -0.136. The molecule has 0 radical (unpaired) electrons. The van der Waals surface area contributed by atoms with E-state index in [-0.39, 0.29) is 22.4 Å². The van der Waals surface area contributed by atoms with E-state index in [2.05, 4.69) is 15.3 Å². The summed E-state index contributed by atoms with van der Waals surface area (Å²) >= 11 is 5.58. The van der Waals surface area contributed by atoms with Crippen molar-refractivity contribution in [2.75, 3.05) is 5.32 Å². The zero-order valence-corrected chi connectivity index (χ0v) is 10.5. The van der Waals surface area contributed by atoms with Gasteiger partial charge in [0.2, 0.25) is 5.28 Å². The van der Waals surface area contributed by atoms with E-state index in [4.69, 9.17) is 16.9 Å². The fraction of sp³-hybridized carbons (Fsp3) is 0.0833. The van der Waals surface area contributed by atoms with E-state index in [1.807, 2.05) is 0 Å². The Morgan fingerprint density at radius 1 is 1.25 bits per heavy atom. The van der Waals surface area contributed by atoms with Gasteiger partial charge in [0.1, 0.15) is 11.6 Å². The molecule has 8 heteroatoms. The quantitative estimate of drug-likeness (QED) is 0.857. The highest BCUT2D eigenvalue weighted by Gasteiger charge is 2.33. The highest BCUT2D eigenvalue weighted by atomic mass is 35.5. The van der Waals surface area contributed by atoms with Crippen LogP contribution >= 0.6 is 11.6 Å². The molecule has 0 atom stereocenters. The van der Waals surface area contributed by atoms with Crippen LogP contribution in [-0.2, 0) is 6.18 Å². The van der Waals surface area contributed by atoms with Crippen LogP contribution in [0.5, 0.6) is 0 Å². The first-order valence-electron chi connectivity index (χ1n) is 5.27. The van der Waals surface area contributed by atoms with Crippen LogP contribution in [0.15, 0.2) is 30.5 Å². The summed E-state index contributed by atoms with van der Waals surface area (Å²) in [7, 11) is 0. The summed E-state index contributed by atoms with van der Waals surface area (Å²) in [5.74, 6) is -0.0794. The summed E-state index contributed by atoms with van der Waals surface area (Å²) < 4.78 is 38.5. The maximum absolute atomic E-state index is 12.8. The van der Waals surface area contributed by atoms with Crippen molar-refractivity contribution in [2.24, 2.45) is 0 Å². The topological polar surface area (TPSA) is 61.6 Å². The molecule has 2 aromatic rings. The molecule has 0 spiro atoms. The van der Waals surface area contributed by atoms with Crippen molar-refractivity contribution in [3.63, 3.8) is 0 Å². The van der Waals surface area contributed by atoms with E-state index < -0.39 is 11.7 Å². The smallest absolute Gasteiger partial charge is 0.338 e. The highest BCUT2D eigenvalue weighted by Crippen LogP contribution is 2.35. The average Bonchev–Trinajstić information content (AvgIpc) is 2.38. The molecule has 0 saturated heterocycles. The Labute approximate surface area is 116 Å². The minimum absolute atomic E-state index is 0.00798. The largest absolute Gasteiger partial charge is 0.418 e. The van der Waals surface area contributed by atoms with Crippen LogP contribution in [0.25, 0.3) is 0 Å². The highest BCUT2D eigenvalue weighted by molar-refractivity contribution is 6.28. The van der Waals surface area contributed by atoms with Crippen molar-refractivity contribution in [1.29, 1.82) is 5.26 Å². The summed E-state index contributed by atoms with van der Waals surface area (Å²) in [6, 6.07) is 6.64. The molecule has 0 amide bonds. The van der Waals surface area contributed by atoms with Gasteiger partial charge in [-0.25, -0.2) is 4.98 Å². The van der Waals surface area contributed by atoms with Crippen LogP contribution in [0.3, 0.4) is 0 Å². The second-order valence-corrected chi connectivity index (χ2v) is 4.02. The normalized spacial score (nSPS) is 10.9. The van der Waals surface area contributed by atoms with E-state index in [0.717, 1.165) is 12.3 Å². The molecule has 20 heavy (non-hydrogen) atoms. The van der Waals surface area contributed by atoms with Crippen molar-refractivity contribution in [3.8, 4) is 6.07 Å². The lowest BCUT2D eigenvalue weighted by Crippen LogP contribution is -2.09. The number of nitriles is 1. The molecule has 0 bridgehead atoms. The number of hydrogen-bond acceptors (Lipinski definition) is 4. The van der Waals surface area contributed by atoms with Gasteiger partial charge in [0.25, 0.3) is 0 Å². The van der Waals surface area contributed by atoms with Gasteiger partial charge >= 0.3 is 6.18 Å². The van der Waals surface area contributed by atoms with Crippen LogP contribution in [0.2, 0.25) is 5.28 Å². The van der Waals surface area contributed by atoms with Crippen molar-refractivity contribution in [3.05, 3.63) is 46.9 Å². The molecule has 2 rings (SSSR count). The van der Waals surface area contributed by atoms with E-state index in [1.54, 1.807) is 6.07 Å². The third kappa shape index (κ3) is 2.97. The Morgan fingerprint density at radius 2 is 1.95 bits per heavy atom. The molecule has 4 nitrogen and oxygen atoms in total. The van der Waals surface area contributed by atoms with Crippen molar-refractivity contribution >= 4 is 23.1 Å². The minimum Gasteiger partial charge on any atom is -0.338 e. The fourth-order valence-corrected chi connectivity index (χ4v) is 1.64. The zero-order chi connectivity index (χ0) is 14.8. The number of nitrogens with one attached hydrogen (secondary N) is 1. The lowest BCUT2D eigenvalue weighted by atomic mass is 10.1. The number of aromatic nitrogens is 2. The maximum atomic E-state index is 12.8. The van der Waals surface area contributed by atoms with Gasteiger partial charge in [0.05, 0.1) is 17.4 Å². The predicted octanol–water partition coefficient (Wildman–Crippen LogP) is 3.76. The average molecular weight is 299 g/mol. The molecule has 0 unspecified atom stereocenters. The number of nitrogens with zero attached hydrogens (tertiary/aromatic N) is 3. The van der Waals surface area contributed by atoms with Crippen LogP contribution < -0.4 is 5.32 Å². The monoisotopic (exact) mass is 298 g/mol. The van der Waals surface area contributed by atoms with Gasteiger partial charge < -0.3 is 5.32 Å². The number of alkyl halides is 3. The van der Waals surface area contributed by atoms with Crippen molar-refractivity contribution < 1.29 is 13.2 Å². The molecule has 0 aliphatic rings. The van der Waals surface area contributed by atoms with Crippen molar-refractivity contribution in [2.45, 2.75) is 6.18 Å². The summed E-state index contributed by atoms with van der Waals surface area (Å²) in [6.45, 7) is 0. The first-order valence-corrected chi connectivity index (χ1v) is 5.65. The summed E-state index contributed by atoms with van der Waals surface area (Å²) in [5.41, 5.74) is -1.09. The molecule has 102 valence electrons. The molecule has 0 aliphatic heterocycles. The second kappa shape index (κ2) is 5.35. The predicted molar refractivity (Wildman–Crippen MR) is 66.5 cm³/mol. The van der Waals surface area contributed by atoms with Crippen LogP contribution in [0.1, 0.15) is 11.1 Å². The number of hydrogen-bond donors (Lipinski definition) is 1. The Morgan fingerprint density at radius 3 is 2.60 bits per heavy atom. The van der Waals surface area contributed by atoms with Gasteiger partial charge in [0, 0.05) is 0 Å². The Kier molecular flexibility index (Phi) is 3.77. The zero-order valence-electron chi connectivity index (χ0n) is 9.74. The Balaban J connectivity index is 2.46. The Hall–Kier alpha value is -2.33. The summed E-state index contributed by atoms with van der Waals surface area (Å²) in [4.78, 5) is 7.31. The van der Waals surface area contributed by atoms with Gasteiger partial charge in [-0.15, -0.1) is 0 Å². The number of para-hydroxylation sites is 1. The molecule has 0 fully saturated rings. The van der Waals surface area contributed by atoms with Gasteiger partial charge in [-0.05, 0) is 23.7 Å². The first kappa shape index (κ1) is 14.1. The molecule has 0 saturated carbocycles. The number of halogens is 4. The minimum atomic E-state index is -4.52. The van der Waals surface area contributed by atoms with Gasteiger partial charge in [0.15, 0.2) is 5.82 Å². The summed E-state index contributed by atoms with van der Waals surface area (Å²) in [6.07, 6.45) is -3.39. The van der Waals surface area contributed by atoms with E-state index in [1.165, 1.54) is 18.2 Å². The number of anilines is 2. The molecule has 1 heterocycles. The van der Waals surface area contributed by atoms with E-state index in [9.17, 15) is 13.2 Å². The SMILES string of the molecule is N#Cc1cnc(Cl)nc1Nc1ccccc1C(F)(F)F. The first-order chi connectivity index (χ1) is 9.41. The molecular formula is C12H6ClF3N4. The van der Waals surface area contributed by atoms with Crippen molar-refractivity contribution in [1.82, 2.24) is 9.97 Å². The van der Waals surface area contributed by atoms with Gasteiger partial charge in [-0.2, -0.15) is 23.4 Å². The molecule has 1 N–H and O–H groups in total. The molecular weight excluding hydrogens is 293 g/mol. The molecule has 0 aliphatic carbocycles. The number of rotatable bonds is 2. The van der Waals surface area contributed by atoms with E-state index >= 15 is 0 Å².